The van der Waals surface area contributed by atoms with Gasteiger partial charge in [-0.2, -0.15) is 8.42 Å². The molecule has 1 fully saturated rings. The summed E-state index contributed by atoms with van der Waals surface area (Å²) in [5, 5.41) is 0. The van der Waals surface area contributed by atoms with Crippen molar-refractivity contribution in [3.8, 4) is 0 Å². The minimum Gasteiger partial charge on any atom is -0.330 e. The highest BCUT2D eigenvalue weighted by atomic mass is 32.2. The average Bonchev–Trinajstić information content (AvgIpc) is 3.12. The van der Waals surface area contributed by atoms with E-state index in [0.717, 1.165) is 23.9 Å². The summed E-state index contributed by atoms with van der Waals surface area (Å²) in [7, 11) is -4.02. The second-order valence-electron chi connectivity index (χ2n) is 4.84. The Bertz CT molecular complexity index is 464. The predicted molar refractivity (Wildman–Crippen MR) is 71.9 cm³/mol. The summed E-state index contributed by atoms with van der Waals surface area (Å²) in [6.45, 7) is 4.95. The van der Waals surface area contributed by atoms with Crippen LogP contribution in [0.2, 0.25) is 0 Å². The van der Waals surface area contributed by atoms with Crippen molar-refractivity contribution >= 4 is 10.1 Å². The maximum Gasteiger partial charge on any atom is 0.294 e. The molecule has 1 unspecified atom stereocenters. The molecule has 1 aliphatic rings. The lowest BCUT2D eigenvalue weighted by atomic mass is 10.1. The van der Waals surface area contributed by atoms with E-state index < -0.39 is 10.1 Å². The smallest absolute Gasteiger partial charge is 0.294 e. The summed E-state index contributed by atoms with van der Waals surface area (Å²) in [6.07, 6.45) is 2.86. The molecule has 0 radical (unpaired) electrons. The standard InChI is InChI=1S/C7H8O3S.C6H13N/c1-6-2-4-7(5-3-6)11(8,9)10;1-5(4-7)6-2-3-6/h2-5H,1H3,(H,8,9,10);5-6H,2-4,7H2,1H3. The highest BCUT2D eigenvalue weighted by Gasteiger charge is 2.26. The van der Waals surface area contributed by atoms with Crippen molar-refractivity contribution in [2.75, 3.05) is 6.54 Å². The van der Waals surface area contributed by atoms with Gasteiger partial charge in [-0.1, -0.05) is 24.6 Å². The number of aryl methyl sites for hydroxylation is 1. The summed E-state index contributed by atoms with van der Waals surface area (Å²) < 4.78 is 29.6. The van der Waals surface area contributed by atoms with Crippen LogP contribution in [0.25, 0.3) is 0 Å². The number of hydrogen-bond donors (Lipinski definition) is 2. The normalized spacial score (nSPS) is 16.7. The fourth-order valence-electron chi connectivity index (χ4n) is 1.57. The van der Waals surface area contributed by atoms with E-state index in [9.17, 15) is 8.42 Å². The zero-order chi connectivity index (χ0) is 13.8. The van der Waals surface area contributed by atoms with Gasteiger partial charge < -0.3 is 5.73 Å². The molecular weight excluding hydrogens is 250 g/mol. The first-order valence-corrected chi connectivity index (χ1v) is 7.53. The molecule has 4 nitrogen and oxygen atoms in total. The molecule has 0 spiro atoms. The summed E-state index contributed by atoms with van der Waals surface area (Å²) in [5.74, 6) is 1.78. The largest absolute Gasteiger partial charge is 0.330 e. The van der Waals surface area contributed by atoms with E-state index in [4.69, 9.17) is 10.3 Å². The van der Waals surface area contributed by atoms with Crippen molar-refractivity contribution in [1.29, 1.82) is 0 Å². The molecule has 1 aromatic rings. The Labute approximate surface area is 109 Å². The van der Waals surface area contributed by atoms with Gasteiger partial charge in [0.05, 0.1) is 4.90 Å². The summed E-state index contributed by atoms with van der Waals surface area (Å²) >= 11 is 0. The Balaban J connectivity index is 0.000000199. The maximum absolute atomic E-state index is 10.5. The van der Waals surface area contributed by atoms with Crippen molar-refractivity contribution in [1.82, 2.24) is 0 Å². The van der Waals surface area contributed by atoms with Gasteiger partial charge in [-0.15, -0.1) is 0 Å². The zero-order valence-electron chi connectivity index (χ0n) is 10.8. The number of hydrogen-bond acceptors (Lipinski definition) is 3. The van der Waals surface area contributed by atoms with Crippen LogP contribution >= 0.6 is 0 Å². The van der Waals surface area contributed by atoms with Crippen LogP contribution in [0, 0.1) is 18.8 Å². The third-order valence-electron chi connectivity index (χ3n) is 3.12. The van der Waals surface area contributed by atoms with Crippen LogP contribution in [0.15, 0.2) is 29.2 Å². The van der Waals surface area contributed by atoms with E-state index >= 15 is 0 Å². The van der Waals surface area contributed by atoms with E-state index in [0.29, 0.717) is 0 Å². The Kier molecular flexibility index (Phi) is 5.31. The highest BCUT2D eigenvalue weighted by Crippen LogP contribution is 2.35. The third kappa shape index (κ3) is 5.16. The Hall–Kier alpha value is -0.910. The minimum absolute atomic E-state index is 0.0666. The molecule has 1 saturated carbocycles. The average molecular weight is 271 g/mol. The monoisotopic (exact) mass is 271 g/mol. The molecule has 0 heterocycles. The number of rotatable bonds is 3. The number of nitrogens with two attached hydrogens (primary N) is 1. The summed E-state index contributed by atoms with van der Waals surface area (Å²) in [5.41, 5.74) is 6.37. The van der Waals surface area contributed by atoms with Gasteiger partial charge in [0.25, 0.3) is 10.1 Å². The Morgan fingerprint density at radius 1 is 1.33 bits per heavy atom. The first-order valence-electron chi connectivity index (χ1n) is 6.09. The molecule has 1 atom stereocenters. The van der Waals surface area contributed by atoms with Gasteiger partial charge in [-0.05, 0) is 50.3 Å². The molecule has 3 N–H and O–H groups in total. The van der Waals surface area contributed by atoms with Gasteiger partial charge in [0, 0.05) is 0 Å². The molecule has 1 aliphatic carbocycles. The third-order valence-corrected chi connectivity index (χ3v) is 3.99. The molecule has 1 aromatic carbocycles. The van der Waals surface area contributed by atoms with Crippen molar-refractivity contribution in [2.24, 2.45) is 17.6 Å². The van der Waals surface area contributed by atoms with Crippen LogP contribution in [-0.2, 0) is 10.1 Å². The molecule has 0 saturated heterocycles. The van der Waals surface area contributed by atoms with Gasteiger partial charge in [0.1, 0.15) is 0 Å². The van der Waals surface area contributed by atoms with Crippen molar-refractivity contribution in [3.63, 3.8) is 0 Å². The second kappa shape index (κ2) is 6.31. The van der Waals surface area contributed by atoms with Crippen LogP contribution in [0.1, 0.15) is 25.3 Å². The van der Waals surface area contributed by atoms with Crippen molar-refractivity contribution in [3.05, 3.63) is 29.8 Å². The van der Waals surface area contributed by atoms with E-state index in [1.807, 2.05) is 6.92 Å². The Morgan fingerprint density at radius 3 is 2.11 bits per heavy atom. The van der Waals surface area contributed by atoms with Crippen LogP contribution < -0.4 is 5.73 Å². The van der Waals surface area contributed by atoms with Gasteiger partial charge in [-0.25, -0.2) is 0 Å². The van der Waals surface area contributed by atoms with Crippen LogP contribution in [-0.4, -0.2) is 19.5 Å². The van der Waals surface area contributed by atoms with E-state index in [2.05, 4.69) is 6.92 Å². The van der Waals surface area contributed by atoms with E-state index in [1.54, 1.807) is 12.1 Å². The highest BCUT2D eigenvalue weighted by molar-refractivity contribution is 7.85. The molecule has 0 amide bonds. The minimum atomic E-state index is -4.02. The van der Waals surface area contributed by atoms with Crippen molar-refractivity contribution in [2.45, 2.75) is 31.6 Å². The van der Waals surface area contributed by atoms with Crippen LogP contribution in [0.5, 0.6) is 0 Å². The van der Waals surface area contributed by atoms with E-state index in [1.165, 1.54) is 25.0 Å². The molecule has 0 bridgehead atoms. The molecular formula is C13H21NO3S. The first kappa shape index (κ1) is 15.1. The quantitative estimate of drug-likeness (QED) is 0.826. The molecule has 18 heavy (non-hydrogen) atoms. The maximum atomic E-state index is 10.5. The van der Waals surface area contributed by atoms with Gasteiger partial charge in [0.15, 0.2) is 0 Å². The second-order valence-corrected chi connectivity index (χ2v) is 6.26. The molecule has 2 rings (SSSR count). The topological polar surface area (TPSA) is 80.4 Å². The SMILES string of the molecule is CC(CN)C1CC1.Cc1ccc(S(=O)(=O)O)cc1. The lowest BCUT2D eigenvalue weighted by Crippen LogP contribution is -2.11. The van der Waals surface area contributed by atoms with Gasteiger partial charge in [-0.3, -0.25) is 4.55 Å². The molecule has 102 valence electrons. The Morgan fingerprint density at radius 2 is 1.83 bits per heavy atom. The predicted octanol–water partition coefficient (Wildman–Crippen LogP) is 2.23. The summed E-state index contributed by atoms with van der Waals surface area (Å²) in [6, 6.07) is 5.99. The zero-order valence-corrected chi connectivity index (χ0v) is 11.7. The lowest BCUT2D eigenvalue weighted by Gasteiger charge is -2.01. The molecule has 5 heteroatoms. The van der Waals surface area contributed by atoms with Crippen LogP contribution in [0.3, 0.4) is 0 Å². The molecule has 0 aliphatic heterocycles. The van der Waals surface area contributed by atoms with Gasteiger partial charge in [0.2, 0.25) is 0 Å². The lowest BCUT2D eigenvalue weighted by molar-refractivity contribution is 0.483. The number of benzene rings is 1. The molecule has 0 aromatic heterocycles. The first-order chi connectivity index (χ1) is 8.34. The summed E-state index contributed by atoms with van der Waals surface area (Å²) in [4.78, 5) is -0.0666. The van der Waals surface area contributed by atoms with E-state index in [-0.39, 0.29) is 4.90 Å². The fraction of sp³-hybridized carbons (Fsp3) is 0.538. The fourth-order valence-corrected chi connectivity index (χ4v) is 2.05. The van der Waals surface area contributed by atoms with Crippen LogP contribution in [0.4, 0.5) is 0 Å². The van der Waals surface area contributed by atoms with Gasteiger partial charge >= 0.3 is 0 Å². The van der Waals surface area contributed by atoms with Crippen molar-refractivity contribution < 1.29 is 13.0 Å².